The van der Waals surface area contributed by atoms with Gasteiger partial charge < -0.3 is 5.32 Å². The molecule has 0 aliphatic heterocycles. The molecule has 1 N–H and O–H groups in total. The highest BCUT2D eigenvalue weighted by atomic mass is 35.5. The number of nitrogens with one attached hydrogen (secondary N) is 1. The van der Waals surface area contributed by atoms with Gasteiger partial charge in [-0.2, -0.15) is 4.98 Å². The molecule has 0 saturated carbocycles. The second-order valence-corrected chi connectivity index (χ2v) is 5.70. The van der Waals surface area contributed by atoms with E-state index in [1.54, 1.807) is 34.9 Å². The molecule has 0 fully saturated rings. The molecule has 3 heterocycles. The maximum absolute atomic E-state index is 12.2. The molecule has 0 saturated heterocycles. The molecule has 0 bridgehead atoms. The third kappa shape index (κ3) is 3.20. The third-order valence-electron chi connectivity index (χ3n) is 3.59. The van der Waals surface area contributed by atoms with Gasteiger partial charge >= 0.3 is 0 Å². The summed E-state index contributed by atoms with van der Waals surface area (Å²) in [6, 6.07) is 16.4. The molecule has 4 rings (SSSR count). The summed E-state index contributed by atoms with van der Waals surface area (Å²) in [5.74, 6) is 0.509. The van der Waals surface area contributed by atoms with Crippen LogP contribution in [0.4, 0.5) is 5.82 Å². The van der Waals surface area contributed by atoms with Crippen molar-refractivity contribution in [2.45, 2.75) is 0 Å². The summed E-state index contributed by atoms with van der Waals surface area (Å²) >= 11 is 5.81. The van der Waals surface area contributed by atoms with E-state index in [0.717, 1.165) is 11.3 Å². The Hall–Kier alpha value is -3.25. The van der Waals surface area contributed by atoms with Gasteiger partial charge in [0.05, 0.1) is 5.69 Å². The normalized spacial score (nSPS) is 10.8. The van der Waals surface area contributed by atoms with Gasteiger partial charge in [-0.05, 0) is 18.2 Å². The van der Waals surface area contributed by atoms with Gasteiger partial charge in [-0.15, -0.1) is 0 Å². The number of nitrogens with zero attached hydrogens (tertiary/aromatic N) is 4. The number of hydrogen-bond acceptors (Lipinski definition) is 4. The number of pyridine rings is 1. The fourth-order valence-corrected chi connectivity index (χ4v) is 2.57. The van der Waals surface area contributed by atoms with Crippen LogP contribution in [0.25, 0.3) is 17.0 Å². The van der Waals surface area contributed by atoms with Crippen molar-refractivity contribution in [3.8, 4) is 11.3 Å². The first-order valence-corrected chi connectivity index (χ1v) is 7.92. The van der Waals surface area contributed by atoms with E-state index in [-0.39, 0.29) is 16.8 Å². The molecule has 0 radical (unpaired) electrons. The average Bonchev–Trinajstić information content (AvgIpc) is 3.06. The molecule has 3 aromatic heterocycles. The van der Waals surface area contributed by atoms with Crippen molar-refractivity contribution in [1.82, 2.24) is 19.4 Å². The van der Waals surface area contributed by atoms with Crippen LogP contribution in [-0.2, 0) is 0 Å². The lowest BCUT2D eigenvalue weighted by Crippen LogP contribution is -2.14. The molecule has 122 valence electrons. The van der Waals surface area contributed by atoms with Crippen molar-refractivity contribution in [2.75, 3.05) is 5.32 Å². The fraction of sp³-hybridized carbons (Fsp3) is 0. The molecule has 0 spiro atoms. The molecule has 7 heteroatoms. The quantitative estimate of drug-likeness (QED) is 0.572. The first-order valence-electron chi connectivity index (χ1n) is 7.54. The highest BCUT2D eigenvalue weighted by molar-refractivity contribution is 6.29. The molecule has 6 nitrogen and oxygen atoms in total. The number of hydrogen-bond donors (Lipinski definition) is 1. The smallest absolute Gasteiger partial charge is 0.275 e. The molecular formula is C18H12ClN5O. The van der Waals surface area contributed by atoms with Crippen LogP contribution in [0.2, 0.25) is 5.15 Å². The number of anilines is 1. The Bertz CT molecular complexity index is 1060. The summed E-state index contributed by atoms with van der Waals surface area (Å²) in [6.45, 7) is 0. The van der Waals surface area contributed by atoms with Crippen LogP contribution < -0.4 is 5.32 Å². The van der Waals surface area contributed by atoms with Crippen LogP contribution in [0, 0.1) is 0 Å². The molecular weight excluding hydrogens is 338 g/mol. The average molecular weight is 350 g/mol. The summed E-state index contributed by atoms with van der Waals surface area (Å²) < 4.78 is 1.80. The zero-order valence-electron chi connectivity index (χ0n) is 12.9. The van der Waals surface area contributed by atoms with Gasteiger partial charge in [0.15, 0.2) is 0 Å². The monoisotopic (exact) mass is 349 g/mol. The summed E-state index contributed by atoms with van der Waals surface area (Å²) in [5.41, 5.74) is 2.04. The third-order valence-corrected chi connectivity index (χ3v) is 3.80. The summed E-state index contributed by atoms with van der Waals surface area (Å²) in [7, 11) is 0. The van der Waals surface area contributed by atoms with E-state index >= 15 is 0 Å². The van der Waals surface area contributed by atoms with Gasteiger partial charge in [-0.25, -0.2) is 9.97 Å². The van der Waals surface area contributed by atoms with Crippen molar-refractivity contribution in [2.24, 2.45) is 0 Å². The highest BCUT2D eigenvalue weighted by Crippen LogP contribution is 2.19. The van der Waals surface area contributed by atoms with E-state index in [4.69, 9.17) is 11.6 Å². The largest absolute Gasteiger partial charge is 0.305 e. The van der Waals surface area contributed by atoms with Gasteiger partial charge in [0.25, 0.3) is 5.91 Å². The number of benzene rings is 1. The Labute approximate surface area is 148 Å². The zero-order chi connectivity index (χ0) is 17.2. The predicted molar refractivity (Wildman–Crippen MR) is 95.6 cm³/mol. The minimum Gasteiger partial charge on any atom is -0.305 e. The SMILES string of the molecule is O=C(Nc1ccn2cc(-c3ccccc3)nc2n1)c1cccc(Cl)n1. The Kier molecular flexibility index (Phi) is 3.87. The highest BCUT2D eigenvalue weighted by Gasteiger charge is 2.11. The molecule has 1 amide bonds. The van der Waals surface area contributed by atoms with E-state index in [1.807, 2.05) is 36.5 Å². The molecule has 4 aromatic rings. The first kappa shape index (κ1) is 15.3. The standard InChI is InChI=1S/C18H12ClN5O/c19-15-8-4-7-13(20-15)17(25)22-16-9-10-24-11-14(21-18(24)23-16)12-5-2-1-3-6-12/h1-11H,(H,21,22,23,25). The van der Waals surface area contributed by atoms with E-state index in [1.165, 1.54) is 0 Å². The number of fused-ring (bicyclic) bond motifs is 1. The van der Waals surface area contributed by atoms with Gasteiger partial charge in [-0.3, -0.25) is 9.20 Å². The van der Waals surface area contributed by atoms with Crippen molar-refractivity contribution < 1.29 is 4.79 Å². The van der Waals surface area contributed by atoms with Crippen LogP contribution in [0.5, 0.6) is 0 Å². The minimum atomic E-state index is -0.380. The first-order chi connectivity index (χ1) is 12.2. The van der Waals surface area contributed by atoms with Crippen molar-refractivity contribution >= 4 is 29.1 Å². The molecule has 0 aliphatic carbocycles. The van der Waals surface area contributed by atoms with E-state index < -0.39 is 0 Å². The molecule has 1 aromatic carbocycles. The van der Waals surface area contributed by atoms with Crippen molar-refractivity contribution in [3.63, 3.8) is 0 Å². The van der Waals surface area contributed by atoms with Crippen LogP contribution in [0.1, 0.15) is 10.5 Å². The van der Waals surface area contributed by atoms with Crippen molar-refractivity contribution in [3.05, 3.63) is 77.8 Å². The van der Waals surface area contributed by atoms with Crippen molar-refractivity contribution in [1.29, 1.82) is 0 Å². The van der Waals surface area contributed by atoms with E-state index in [2.05, 4.69) is 20.3 Å². The lowest BCUT2D eigenvalue weighted by molar-refractivity contribution is 0.102. The molecule has 0 unspecified atom stereocenters. The summed E-state index contributed by atoms with van der Waals surface area (Å²) in [4.78, 5) is 25.1. The number of halogens is 1. The Balaban J connectivity index is 1.62. The van der Waals surface area contributed by atoms with E-state index in [9.17, 15) is 4.79 Å². The molecule has 0 atom stereocenters. The predicted octanol–water partition coefficient (Wildman–Crippen LogP) is 3.70. The summed E-state index contributed by atoms with van der Waals surface area (Å²) in [5, 5.41) is 2.96. The van der Waals surface area contributed by atoms with Crippen LogP contribution in [0.3, 0.4) is 0 Å². The van der Waals surface area contributed by atoms with E-state index in [0.29, 0.717) is 11.6 Å². The minimum absolute atomic E-state index is 0.225. The second kappa shape index (κ2) is 6.33. The number of aromatic nitrogens is 4. The topological polar surface area (TPSA) is 72.2 Å². The van der Waals surface area contributed by atoms with Crippen LogP contribution in [0.15, 0.2) is 67.0 Å². The number of carbonyl (C=O) groups is 1. The maximum Gasteiger partial charge on any atom is 0.275 e. The number of amides is 1. The van der Waals surface area contributed by atoms with Gasteiger partial charge in [0.2, 0.25) is 5.78 Å². The lowest BCUT2D eigenvalue weighted by atomic mass is 10.2. The Morgan fingerprint density at radius 2 is 1.80 bits per heavy atom. The molecule has 25 heavy (non-hydrogen) atoms. The number of rotatable bonds is 3. The lowest BCUT2D eigenvalue weighted by Gasteiger charge is -2.04. The second-order valence-electron chi connectivity index (χ2n) is 5.31. The Morgan fingerprint density at radius 1 is 0.960 bits per heavy atom. The van der Waals surface area contributed by atoms with Gasteiger partial charge in [-0.1, -0.05) is 48.0 Å². The maximum atomic E-state index is 12.2. The van der Waals surface area contributed by atoms with Gasteiger partial charge in [0, 0.05) is 18.0 Å². The number of carbonyl (C=O) groups excluding carboxylic acids is 1. The zero-order valence-corrected chi connectivity index (χ0v) is 13.7. The van der Waals surface area contributed by atoms with Crippen LogP contribution >= 0.6 is 11.6 Å². The molecule has 0 aliphatic rings. The Morgan fingerprint density at radius 3 is 2.60 bits per heavy atom. The van der Waals surface area contributed by atoms with Gasteiger partial charge in [0.1, 0.15) is 16.7 Å². The summed E-state index contributed by atoms with van der Waals surface area (Å²) in [6.07, 6.45) is 3.69. The fourth-order valence-electron chi connectivity index (χ4n) is 2.40. The number of imidazole rings is 1. The van der Waals surface area contributed by atoms with Crippen LogP contribution in [-0.4, -0.2) is 25.3 Å².